The van der Waals surface area contributed by atoms with Crippen molar-refractivity contribution in [2.45, 2.75) is 38.8 Å². The summed E-state index contributed by atoms with van der Waals surface area (Å²) in [7, 11) is 3.01. The van der Waals surface area contributed by atoms with E-state index in [1.807, 2.05) is 20.8 Å². The first-order valence-corrected chi connectivity index (χ1v) is 12.1. The average molecular weight is 497 g/mol. The van der Waals surface area contributed by atoms with E-state index in [2.05, 4.69) is 6.07 Å². The Morgan fingerprint density at radius 1 is 1.00 bits per heavy atom. The van der Waals surface area contributed by atoms with Gasteiger partial charge in [-0.25, -0.2) is 0 Å². The average Bonchev–Trinajstić information content (AvgIpc) is 3.32. The van der Waals surface area contributed by atoms with Gasteiger partial charge in [0.1, 0.15) is 11.5 Å². The zero-order valence-corrected chi connectivity index (χ0v) is 21.4. The van der Waals surface area contributed by atoms with Crippen LogP contribution < -0.4 is 9.47 Å². The van der Waals surface area contributed by atoms with Crippen molar-refractivity contribution in [3.8, 4) is 17.6 Å². The minimum absolute atomic E-state index is 0.148. The first kappa shape index (κ1) is 24.5. The van der Waals surface area contributed by atoms with Crippen molar-refractivity contribution in [1.82, 2.24) is 4.90 Å². The molecule has 0 N–H and O–H groups in total. The lowest BCUT2D eigenvalue weighted by atomic mass is 9.63. The number of rotatable bonds is 4. The third kappa shape index (κ3) is 3.21. The molecule has 0 amide bonds. The first-order valence-electron chi connectivity index (χ1n) is 12.1. The van der Waals surface area contributed by atoms with E-state index in [1.54, 1.807) is 65.7 Å². The van der Waals surface area contributed by atoms with Crippen LogP contribution in [0.2, 0.25) is 0 Å². The number of fused-ring (bicyclic) bond motifs is 3. The molecule has 7 nitrogen and oxygen atoms in total. The van der Waals surface area contributed by atoms with Crippen LogP contribution >= 0.6 is 0 Å². The summed E-state index contributed by atoms with van der Waals surface area (Å²) in [5, 5.41) is 9.68. The smallest absolute Gasteiger partial charge is 0.180 e. The molecular weight excluding hydrogens is 468 g/mol. The van der Waals surface area contributed by atoms with E-state index in [9.17, 15) is 19.6 Å². The Balaban J connectivity index is 1.89. The van der Waals surface area contributed by atoms with E-state index in [1.165, 1.54) is 14.2 Å². The summed E-state index contributed by atoms with van der Waals surface area (Å²) in [6.45, 7) is 5.45. The summed E-state index contributed by atoms with van der Waals surface area (Å²) in [5.74, 6) is -0.918. The number of nitriles is 1. The molecule has 0 radical (unpaired) electrons. The second kappa shape index (κ2) is 8.45. The van der Waals surface area contributed by atoms with E-state index in [0.717, 1.165) is 0 Å². The van der Waals surface area contributed by atoms with Gasteiger partial charge in [-0.3, -0.25) is 14.4 Å². The molecule has 2 aromatic rings. The number of Topliss-reactive ketones (excluding diaryl/α,β-unsaturated/α-hetero) is 3. The van der Waals surface area contributed by atoms with Gasteiger partial charge in [-0.2, -0.15) is 5.26 Å². The van der Waals surface area contributed by atoms with Crippen LogP contribution in [-0.4, -0.2) is 48.6 Å². The molecular formula is C30H28N2O5. The van der Waals surface area contributed by atoms with Crippen molar-refractivity contribution in [1.29, 1.82) is 5.26 Å². The molecule has 188 valence electrons. The highest BCUT2D eigenvalue weighted by atomic mass is 16.5. The molecule has 1 saturated heterocycles. The molecule has 37 heavy (non-hydrogen) atoms. The van der Waals surface area contributed by atoms with Crippen molar-refractivity contribution in [3.05, 3.63) is 83.1 Å². The quantitative estimate of drug-likeness (QED) is 0.575. The van der Waals surface area contributed by atoms with Crippen LogP contribution in [0.5, 0.6) is 11.5 Å². The van der Waals surface area contributed by atoms with Crippen molar-refractivity contribution < 1.29 is 23.9 Å². The Bertz CT molecular complexity index is 1400. The number of nitrogens with zero attached hydrogens (tertiary/aromatic N) is 2. The highest BCUT2D eigenvalue weighted by molar-refractivity contribution is 6.31. The Hall–Kier alpha value is -4.18. The number of para-hydroxylation sites is 1. The van der Waals surface area contributed by atoms with Gasteiger partial charge in [-0.1, -0.05) is 63.2 Å². The molecule has 3 atom stereocenters. The summed E-state index contributed by atoms with van der Waals surface area (Å²) in [4.78, 5) is 44.8. The molecule has 1 spiro atoms. The SMILES string of the molecule is COc1cccc([C@@H]2[C@H](C(=O)C(C)(C)C)N3C=C(C#N)C=C[C@H]3C23C(=O)c2ccccc2C3=O)c1OC. The number of hydrogen-bond acceptors (Lipinski definition) is 7. The van der Waals surface area contributed by atoms with Gasteiger partial charge >= 0.3 is 0 Å². The van der Waals surface area contributed by atoms with Crippen molar-refractivity contribution >= 4 is 17.3 Å². The maximum absolute atomic E-state index is 14.4. The minimum atomic E-state index is -1.64. The van der Waals surface area contributed by atoms with Crippen LogP contribution in [0.15, 0.2) is 66.4 Å². The minimum Gasteiger partial charge on any atom is -0.493 e. The standard InChI is InChI=1S/C30H28N2O5/c1-29(2,3)28(35)24-23(20-11-8-12-21(36-4)25(20)37-5)30(22-14-13-17(15-31)16-32(22)24)26(33)18-9-6-7-10-19(18)27(30)34/h6-14,16,22-24H,1-5H3/t22-,23+,24+/m0/s1. The molecule has 1 aliphatic carbocycles. The van der Waals surface area contributed by atoms with Crippen LogP contribution in [0.4, 0.5) is 0 Å². The number of ketones is 3. The largest absolute Gasteiger partial charge is 0.493 e. The number of carbonyl (C=O) groups is 3. The number of hydrogen-bond donors (Lipinski definition) is 0. The Morgan fingerprint density at radius 2 is 1.65 bits per heavy atom. The highest BCUT2D eigenvalue weighted by Gasteiger charge is 2.71. The number of carbonyl (C=O) groups excluding carboxylic acids is 3. The van der Waals surface area contributed by atoms with Crippen LogP contribution in [0.1, 0.15) is 53.0 Å². The lowest BCUT2D eigenvalue weighted by Gasteiger charge is -2.34. The Labute approximate surface area is 216 Å². The van der Waals surface area contributed by atoms with E-state index >= 15 is 0 Å². The number of benzene rings is 2. The number of ether oxygens (including phenoxy) is 2. The molecule has 1 fully saturated rings. The van der Waals surface area contributed by atoms with E-state index in [-0.39, 0.29) is 17.3 Å². The normalized spacial score (nSPS) is 23.4. The molecule has 0 saturated carbocycles. The van der Waals surface area contributed by atoms with Gasteiger partial charge in [0.25, 0.3) is 0 Å². The van der Waals surface area contributed by atoms with Crippen molar-refractivity contribution in [2.24, 2.45) is 10.8 Å². The molecule has 7 heteroatoms. The molecule has 3 aliphatic rings. The Kier molecular flexibility index (Phi) is 5.60. The topological polar surface area (TPSA) is 96.7 Å². The molecule has 0 bridgehead atoms. The fraction of sp³-hybridized carbons (Fsp3) is 0.333. The maximum Gasteiger partial charge on any atom is 0.180 e. The fourth-order valence-electron chi connectivity index (χ4n) is 6.17. The van der Waals surface area contributed by atoms with Gasteiger partial charge in [-0.05, 0) is 12.1 Å². The highest BCUT2D eigenvalue weighted by Crippen LogP contribution is 2.61. The lowest BCUT2D eigenvalue weighted by molar-refractivity contribution is -0.130. The van der Waals surface area contributed by atoms with E-state index in [4.69, 9.17) is 9.47 Å². The molecule has 2 aliphatic heterocycles. The predicted molar refractivity (Wildman–Crippen MR) is 137 cm³/mol. The second-order valence-electron chi connectivity index (χ2n) is 10.6. The van der Waals surface area contributed by atoms with Gasteiger partial charge in [0, 0.05) is 34.2 Å². The van der Waals surface area contributed by atoms with Gasteiger partial charge in [0.15, 0.2) is 28.8 Å². The summed E-state index contributed by atoms with van der Waals surface area (Å²) in [6, 6.07) is 12.5. The molecule has 0 unspecified atom stereocenters. The van der Waals surface area contributed by atoms with Gasteiger partial charge in [-0.15, -0.1) is 0 Å². The maximum atomic E-state index is 14.4. The van der Waals surface area contributed by atoms with Crippen LogP contribution in [0.3, 0.4) is 0 Å². The third-order valence-corrected chi connectivity index (χ3v) is 7.73. The van der Waals surface area contributed by atoms with Crippen LogP contribution in [0, 0.1) is 22.2 Å². The van der Waals surface area contributed by atoms with Gasteiger partial charge in [0.2, 0.25) is 0 Å². The van der Waals surface area contributed by atoms with Gasteiger partial charge < -0.3 is 14.4 Å². The van der Waals surface area contributed by atoms with Crippen molar-refractivity contribution in [3.63, 3.8) is 0 Å². The zero-order valence-electron chi connectivity index (χ0n) is 21.4. The summed E-state index contributed by atoms with van der Waals surface area (Å²) in [6.07, 6.45) is 4.95. The summed E-state index contributed by atoms with van der Waals surface area (Å²) < 4.78 is 11.3. The number of methoxy groups -OCH3 is 2. The van der Waals surface area contributed by atoms with Crippen LogP contribution in [-0.2, 0) is 4.79 Å². The summed E-state index contributed by atoms with van der Waals surface area (Å²) in [5.41, 5.74) is -0.883. The monoisotopic (exact) mass is 496 g/mol. The third-order valence-electron chi connectivity index (χ3n) is 7.73. The lowest BCUT2D eigenvalue weighted by Crippen LogP contribution is -2.47. The zero-order chi connectivity index (χ0) is 26.7. The predicted octanol–water partition coefficient (Wildman–Crippen LogP) is 4.50. The molecule has 2 aromatic carbocycles. The Morgan fingerprint density at radius 3 is 2.19 bits per heavy atom. The van der Waals surface area contributed by atoms with Crippen LogP contribution in [0.25, 0.3) is 0 Å². The molecule has 0 aromatic heterocycles. The first-order chi connectivity index (χ1) is 17.6. The molecule has 2 heterocycles. The summed E-state index contributed by atoms with van der Waals surface area (Å²) >= 11 is 0. The van der Waals surface area contributed by atoms with Gasteiger partial charge in [0.05, 0.1) is 31.9 Å². The second-order valence-corrected chi connectivity index (χ2v) is 10.6. The fourth-order valence-corrected chi connectivity index (χ4v) is 6.17. The van der Waals surface area contributed by atoms with Crippen molar-refractivity contribution in [2.75, 3.05) is 14.2 Å². The molecule has 5 rings (SSSR count). The van der Waals surface area contributed by atoms with E-state index < -0.39 is 28.8 Å². The van der Waals surface area contributed by atoms with E-state index in [0.29, 0.717) is 33.8 Å². The number of allylic oxidation sites excluding steroid dienone is 2.